The van der Waals surface area contributed by atoms with Gasteiger partial charge in [-0.3, -0.25) is 18.3 Å². The molecule has 0 unspecified atom stereocenters. The number of para-hydroxylation sites is 5. The van der Waals surface area contributed by atoms with E-state index in [0.717, 1.165) is 93.9 Å². The smallest absolute Gasteiger partial charge is 0.137 e. The minimum absolute atomic E-state index is 0.00682. The van der Waals surface area contributed by atoms with Crippen LogP contribution in [0.3, 0.4) is 0 Å². The van der Waals surface area contributed by atoms with Gasteiger partial charge < -0.3 is 9.84 Å². The van der Waals surface area contributed by atoms with Crippen LogP contribution in [0.25, 0.3) is 88.7 Å². The van der Waals surface area contributed by atoms with Crippen LogP contribution in [-0.2, 0) is 16.2 Å². The van der Waals surface area contributed by atoms with Crippen molar-refractivity contribution >= 4 is 81.6 Å². The van der Waals surface area contributed by atoms with E-state index in [1.54, 1.807) is 12.1 Å². The maximum atomic E-state index is 9.98. The Kier molecular flexibility index (Phi) is 14.1. The summed E-state index contributed by atoms with van der Waals surface area (Å²) in [6.07, 6.45) is 7.50. The minimum Gasteiger partial charge on any atom is -0.508 e. The number of ether oxygens (including phenoxy) is 1. The lowest BCUT2D eigenvalue weighted by atomic mass is 9.86. The van der Waals surface area contributed by atoms with E-state index in [-0.39, 0.29) is 22.0 Å². The van der Waals surface area contributed by atoms with E-state index in [2.05, 4.69) is 221 Å². The van der Waals surface area contributed by atoms with Crippen LogP contribution in [0.5, 0.6) is 17.2 Å². The second-order valence-electron chi connectivity index (χ2n) is 24.1. The van der Waals surface area contributed by atoms with Gasteiger partial charge >= 0.3 is 0 Å². The average molecular weight is 1150 g/mol. The first-order valence-corrected chi connectivity index (χ1v) is 28.8. The molecule has 0 saturated carbocycles. The van der Waals surface area contributed by atoms with Crippen LogP contribution in [0.4, 0.5) is 0 Å². The molecule has 0 fully saturated rings. The van der Waals surface area contributed by atoms with Gasteiger partial charge in [0.2, 0.25) is 0 Å². The van der Waals surface area contributed by atoms with Crippen molar-refractivity contribution in [1.29, 1.82) is 0 Å². The summed E-state index contributed by atoms with van der Waals surface area (Å²) in [6.45, 7) is 20.1. The number of aromatic hydroxyl groups is 1. The number of imidazole rings is 2. The van der Waals surface area contributed by atoms with Crippen molar-refractivity contribution in [3.8, 4) is 40.3 Å². The number of aromatic nitrogens is 8. The predicted octanol–water partition coefficient (Wildman–Crippen LogP) is 18.9. The predicted molar refractivity (Wildman–Crippen MR) is 345 cm³/mol. The molecule has 1 N–H and O–H groups in total. The SMILES string of the molecule is Brc1cccc(-n2cnc3ccccc32)c1.CC(C)(C)c1ccnc(-n2c3cc(Oc4cccc(-n5cnc6ccccc65)c4)ccc3c3ccc(C(C)(C)C)cc32)c1.CC(C)(C)c1ccnc(-n2c3ccccc3c3ccc(O)cc32)c1. The standard InChI is InChI=1S/C38H36N4O.C21H20N2O.C13H9BrN2/c1-37(2,3)25-14-16-30-31-17-15-29(23-35(31)42(34(30)20-25)36-21-26(18-19-39-36)38(4,5)6)43-28-11-9-10-27(22-28)41-24-40-32-12-7-8-13-33(32)41;1-21(2,3)14-10-11-22-20(12-14)23-18-7-5-4-6-16(18)17-9-8-15(24)13-19(17)23;14-10-4-3-5-11(8-10)16-9-15-12-6-1-2-7-13(12)16/h7-24H,1-6H3;4-13,24H,1-3H3;1-9H. The second kappa shape index (κ2) is 21.5. The number of nitrogens with zero attached hydrogens (tertiary/aromatic N) is 8. The molecule has 11 heteroatoms. The highest BCUT2D eigenvalue weighted by Crippen LogP contribution is 2.39. The third kappa shape index (κ3) is 10.9. The lowest BCUT2D eigenvalue weighted by Gasteiger charge is -2.21. The Bertz CT molecular complexity index is 4710. The van der Waals surface area contributed by atoms with E-state index >= 15 is 0 Å². The van der Waals surface area contributed by atoms with Crippen LogP contribution in [0.2, 0.25) is 0 Å². The van der Waals surface area contributed by atoms with Crippen LogP contribution >= 0.6 is 15.9 Å². The highest BCUT2D eigenvalue weighted by molar-refractivity contribution is 9.10. The summed E-state index contributed by atoms with van der Waals surface area (Å²) in [4.78, 5) is 18.4. The van der Waals surface area contributed by atoms with Gasteiger partial charge in [0.15, 0.2) is 0 Å². The van der Waals surface area contributed by atoms with Crippen molar-refractivity contribution in [3.63, 3.8) is 0 Å². The lowest BCUT2D eigenvalue weighted by molar-refractivity contribution is 0.476. The quantitative estimate of drug-likeness (QED) is 0.178. The van der Waals surface area contributed by atoms with Crippen LogP contribution in [0.1, 0.15) is 79.0 Å². The Balaban J connectivity index is 0.000000141. The molecule has 0 spiro atoms. The van der Waals surface area contributed by atoms with Crippen molar-refractivity contribution in [3.05, 3.63) is 246 Å². The number of benzene rings is 8. The van der Waals surface area contributed by atoms with Gasteiger partial charge in [-0.05, 0) is 148 Å². The summed E-state index contributed by atoms with van der Waals surface area (Å²) in [7, 11) is 0. The molecule has 6 heterocycles. The number of halogens is 1. The number of hydrogen-bond acceptors (Lipinski definition) is 6. The summed E-state index contributed by atoms with van der Waals surface area (Å²) < 4.78 is 16.2. The molecule has 0 bridgehead atoms. The number of phenols is 1. The molecule has 8 aromatic carbocycles. The highest BCUT2D eigenvalue weighted by Gasteiger charge is 2.22. The number of pyridine rings is 2. The largest absolute Gasteiger partial charge is 0.508 e. The summed E-state index contributed by atoms with van der Waals surface area (Å²) >= 11 is 3.48. The first-order valence-electron chi connectivity index (χ1n) is 28.0. The first kappa shape index (κ1) is 54.3. The summed E-state index contributed by atoms with van der Waals surface area (Å²) in [6, 6.07) is 68.1. The van der Waals surface area contributed by atoms with Gasteiger partial charge in [-0.25, -0.2) is 19.9 Å². The van der Waals surface area contributed by atoms with Crippen LogP contribution in [-0.4, -0.2) is 43.3 Å². The fraction of sp³-hybridized carbons (Fsp3) is 0.167. The molecule has 412 valence electrons. The molecule has 6 aromatic heterocycles. The van der Waals surface area contributed by atoms with E-state index in [4.69, 9.17) is 9.72 Å². The number of fused-ring (bicyclic) bond motifs is 8. The number of rotatable bonds is 6. The molecule has 0 atom stereocenters. The van der Waals surface area contributed by atoms with Crippen molar-refractivity contribution in [2.45, 2.75) is 78.6 Å². The van der Waals surface area contributed by atoms with Gasteiger partial charge in [0.1, 0.15) is 41.5 Å². The van der Waals surface area contributed by atoms with E-state index in [1.807, 2.05) is 104 Å². The summed E-state index contributed by atoms with van der Waals surface area (Å²) in [5, 5.41) is 14.6. The van der Waals surface area contributed by atoms with Crippen molar-refractivity contribution < 1.29 is 9.84 Å². The normalized spacial score (nSPS) is 12.0. The highest BCUT2D eigenvalue weighted by atomic mass is 79.9. The zero-order valence-electron chi connectivity index (χ0n) is 48.2. The molecule has 0 radical (unpaired) electrons. The van der Waals surface area contributed by atoms with Gasteiger partial charge in [0.05, 0.1) is 49.8 Å². The van der Waals surface area contributed by atoms with Crippen LogP contribution in [0, 0.1) is 0 Å². The molecule has 0 aliphatic rings. The lowest BCUT2D eigenvalue weighted by Crippen LogP contribution is -2.12. The van der Waals surface area contributed by atoms with Crippen LogP contribution in [0.15, 0.2) is 230 Å². The Morgan fingerprint density at radius 1 is 0.373 bits per heavy atom. The van der Waals surface area contributed by atoms with Gasteiger partial charge in [-0.15, -0.1) is 0 Å². The average Bonchev–Trinajstić information content (AvgIpc) is 2.47. The maximum absolute atomic E-state index is 9.98. The topological polar surface area (TPSA) is 101 Å². The van der Waals surface area contributed by atoms with Gasteiger partial charge in [0.25, 0.3) is 0 Å². The van der Waals surface area contributed by atoms with Gasteiger partial charge in [-0.1, -0.05) is 145 Å². The Hall–Kier alpha value is -9.32. The molecule has 0 aliphatic heterocycles. The zero-order chi connectivity index (χ0) is 57.8. The van der Waals surface area contributed by atoms with Crippen molar-refractivity contribution in [2.24, 2.45) is 0 Å². The molecular weight excluding hydrogens is 1090 g/mol. The van der Waals surface area contributed by atoms with E-state index in [9.17, 15) is 5.11 Å². The molecule has 0 saturated heterocycles. The number of phenolic OH excluding ortho intramolecular Hbond substituents is 1. The monoisotopic (exact) mass is 1150 g/mol. The Morgan fingerprint density at radius 3 is 1.42 bits per heavy atom. The van der Waals surface area contributed by atoms with E-state index < -0.39 is 0 Å². The molecule has 10 nitrogen and oxygen atoms in total. The van der Waals surface area contributed by atoms with Crippen molar-refractivity contribution in [2.75, 3.05) is 0 Å². The van der Waals surface area contributed by atoms with Gasteiger partial charge in [-0.2, -0.15) is 0 Å². The third-order valence-corrected chi connectivity index (χ3v) is 15.8. The second-order valence-corrected chi connectivity index (χ2v) is 25.1. The number of hydrogen-bond donors (Lipinski definition) is 1. The molecular formula is C72H65BrN8O2. The van der Waals surface area contributed by atoms with Crippen molar-refractivity contribution in [1.82, 2.24) is 38.2 Å². The Morgan fingerprint density at radius 2 is 0.831 bits per heavy atom. The summed E-state index contributed by atoms with van der Waals surface area (Å²) in [5.41, 5.74) is 14.4. The molecule has 0 amide bonds. The fourth-order valence-corrected chi connectivity index (χ4v) is 11.2. The third-order valence-electron chi connectivity index (χ3n) is 15.3. The summed E-state index contributed by atoms with van der Waals surface area (Å²) in [5.74, 6) is 3.58. The van der Waals surface area contributed by atoms with E-state index in [1.165, 1.54) is 27.5 Å². The molecule has 0 aliphatic carbocycles. The molecule has 14 aromatic rings. The van der Waals surface area contributed by atoms with Gasteiger partial charge in [0, 0.05) is 62.3 Å². The van der Waals surface area contributed by atoms with Crippen LogP contribution < -0.4 is 4.74 Å². The van der Waals surface area contributed by atoms with E-state index in [0.29, 0.717) is 0 Å². The minimum atomic E-state index is 0.00682. The fourth-order valence-electron chi connectivity index (χ4n) is 10.8. The Labute approximate surface area is 492 Å². The molecule has 14 rings (SSSR count). The first-order chi connectivity index (χ1) is 39.9. The maximum Gasteiger partial charge on any atom is 0.137 e. The molecule has 83 heavy (non-hydrogen) atoms. The zero-order valence-corrected chi connectivity index (χ0v) is 49.8.